The summed E-state index contributed by atoms with van der Waals surface area (Å²) in [6, 6.07) is 1.67. The second kappa shape index (κ2) is 11.5. The number of benzene rings is 1. The maximum Gasteiger partial charge on any atom is 0.340 e. The number of carbonyl (C=O) groups is 2. The van der Waals surface area contributed by atoms with Crippen molar-refractivity contribution < 1.29 is 23.5 Å². The van der Waals surface area contributed by atoms with Gasteiger partial charge in [-0.05, 0) is 109 Å². The molecule has 4 nitrogen and oxygen atoms in total. The number of cyclic esters (lactones) is 1. The topological polar surface area (TPSA) is 52.6 Å². The van der Waals surface area contributed by atoms with Crippen molar-refractivity contribution in [1.82, 2.24) is 0 Å². The third-order valence-corrected chi connectivity index (χ3v) is 8.66. The summed E-state index contributed by atoms with van der Waals surface area (Å²) in [6.07, 6.45) is 8.77. The number of methoxy groups -OCH3 is 1. The van der Waals surface area contributed by atoms with Crippen LogP contribution in [0, 0.1) is 31.5 Å². The number of ketones is 1. The van der Waals surface area contributed by atoms with Crippen LogP contribution in [0.3, 0.4) is 0 Å². The Morgan fingerprint density at radius 2 is 1.84 bits per heavy atom. The predicted molar refractivity (Wildman–Crippen MR) is 149 cm³/mol. The average Bonchev–Trinajstić information content (AvgIpc) is 2.89. The van der Waals surface area contributed by atoms with E-state index in [1.807, 2.05) is 26.8 Å². The minimum Gasteiger partial charge on any atom is -0.458 e. The van der Waals surface area contributed by atoms with Gasteiger partial charge in [0.25, 0.3) is 0 Å². The molecule has 204 valence electrons. The van der Waals surface area contributed by atoms with Gasteiger partial charge in [0.15, 0.2) is 11.9 Å². The van der Waals surface area contributed by atoms with Crippen molar-refractivity contribution in [3.05, 3.63) is 74.2 Å². The van der Waals surface area contributed by atoms with Gasteiger partial charge in [-0.15, -0.1) is 0 Å². The summed E-state index contributed by atoms with van der Waals surface area (Å²) in [5, 5.41) is 0. The zero-order valence-corrected chi connectivity index (χ0v) is 23.9. The van der Waals surface area contributed by atoms with Crippen LogP contribution in [-0.4, -0.2) is 31.6 Å². The maximum absolute atomic E-state index is 14.7. The van der Waals surface area contributed by atoms with Crippen molar-refractivity contribution in [2.45, 2.75) is 86.2 Å². The fourth-order valence-corrected chi connectivity index (χ4v) is 6.28. The molecule has 0 saturated carbocycles. The van der Waals surface area contributed by atoms with E-state index in [1.54, 1.807) is 6.07 Å². The van der Waals surface area contributed by atoms with Crippen LogP contribution in [0.1, 0.15) is 82.1 Å². The van der Waals surface area contributed by atoms with Gasteiger partial charge in [-0.1, -0.05) is 39.3 Å². The van der Waals surface area contributed by atoms with Crippen LogP contribution in [0.2, 0.25) is 0 Å². The number of hydrogen-bond acceptors (Lipinski definition) is 4. The zero-order chi connectivity index (χ0) is 27.7. The number of hydrogen-bond donors (Lipinski definition) is 0. The van der Waals surface area contributed by atoms with E-state index in [0.717, 1.165) is 66.4 Å². The summed E-state index contributed by atoms with van der Waals surface area (Å²) in [5.41, 5.74) is 9.82. The van der Waals surface area contributed by atoms with Gasteiger partial charge < -0.3 is 9.47 Å². The Kier molecular flexibility index (Phi) is 8.56. The van der Waals surface area contributed by atoms with Crippen LogP contribution < -0.4 is 0 Å². The molecular weight excluding hydrogens is 479 g/mol. The van der Waals surface area contributed by atoms with E-state index in [0.29, 0.717) is 11.1 Å². The molecule has 3 aliphatic rings. The van der Waals surface area contributed by atoms with Crippen molar-refractivity contribution in [3.63, 3.8) is 0 Å². The molecule has 0 fully saturated rings. The minimum atomic E-state index is -0.925. The van der Waals surface area contributed by atoms with Crippen molar-refractivity contribution in [2.24, 2.45) is 11.8 Å². The number of carbonyl (C=O) groups excluding carboxylic acids is 2. The lowest BCUT2D eigenvalue weighted by atomic mass is 9.73. The molecule has 1 aliphatic heterocycles. The zero-order valence-electron chi connectivity index (χ0n) is 23.9. The van der Waals surface area contributed by atoms with Crippen LogP contribution in [0.25, 0.3) is 5.57 Å². The van der Waals surface area contributed by atoms with Gasteiger partial charge in [0, 0.05) is 24.2 Å². The quantitative estimate of drug-likeness (QED) is 0.392. The summed E-state index contributed by atoms with van der Waals surface area (Å²) in [4.78, 5) is 26.4. The lowest BCUT2D eigenvalue weighted by Gasteiger charge is -2.32. The average molecular weight is 521 g/mol. The summed E-state index contributed by atoms with van der Waals surface area (Å²) >= 11 is 0. The Morgan fingerprint density at radius 1 is 1.11 bits per heavy atom. The van der Waals surface area contributed by atoms with E-state index < -0.39 is 12.1 Å². The molecule has 0 radical (unpaired) electrons. The molecule has 1 aromatic carbocycles. The first kappa shape index (κ1) is 28.2. The molecule has 0 aromatic heterocycles. The number of ether oxygens (including phenoxy) is 2. The number of fused-ring (bicyclic) bond motifs is 1. The molecule has 0 bridgehead atoms. The third kappa shape index (κ3) is 5.10. The largest absolute Gasteiger partial charge is 0.458 e. The lowest BCUT2D eigenvalue weighted by Crippen LogP contribution is -2.37. The summed E-state index contributed by atoms with van der Waals surface area (Å²) < 4.78 is 25.7. The Morgan fingerprint density at radius 3 is 2.53 bits per heavy atom. The third-order valence-electron chi connectivity index (χ3n) is 8.66. The Balaban J connectivity index is 2.04. The molecule has 0 saturated heterocycles. The number of rotatable bonds is 3. The molecule has 1 heterocycles. The lowest BCUT2D eigenvalue weighted by molar-refractivity contribution is -0.154. The van der Waals surface area contributed by atoms with Gasteiger partial charge in [-0.25, -0.2) is 9.18 Å². The van der Waals surface area contributed by atoms with E-state index >= 15 is 0 Å². The van der Waals surface area contributed by atoms with Gasteiger partial charge in [0.2, 0.25) is 0 Å². The monoisotopic (exact) mass is 520 g/mol. The molecular formula is C33H41FO4. The van der Waals surface area contributed by atoms with Crippen LogP contribution in [0.5, 0.6) is 0 Å². The normalized spacial score (nSPS) is 27.6. The van der Waals surface area contributed by atoms with E-state index in [-0.39, 0.29) is 30.0 Å². The highest BCUT2D eigenvalue weighted by molar-refractivity contribution is 6.01. The molecule has 3 atom stereocenters. The molecule has 0 amide bonds. The second-order valence-corrected chi connectivity index (χ2v) is 11.2. The number of allylic oxidation sites excluding steroid dienone is 5. The van der Waals surface area contributed by atoms with Gasteiger partial charge in [-0.2, -0.15) is 0 Å². The fourth-order valence-electron chi connectivity index (χ4n) is 6.28. The molecule has 1 aromatic rings. The predicted octanol–water partition coefficient (Wildman–Crippen LogP) is 7.32. The first-order valence-corrected chi connectivity index (χ1v) is 14.0. The molecule has 0 spiro atoms. The van der Waals surface area contributed by atoms with E-state index in [4.69, 9.17) is 9.47 Å². The first-order chi connectivity index (χ1) is 18.1. The summed E-state index contributed by atoms with van der Waals surface area (Å²) in [5.74, 6) is -0.802. The van der Waals surface area contributed by atoms with Crippen LogP contribution in [-0.2, 0) is 25.5 Å². The van der Waals surface area contributed by atoms with E-state index in [2.05, 4.69) is 26.8 Å². The highest BCUT2D eigenvalue weighted by Crippen LogP contribution is 2.44. The Hall–Kier alpha value is -2.79. The smallest absolute Gasteiger partial charge is 0.340 e. The first-order valence-electron chi connectivity index (χ1n) is 14.0. The summed E-state index contributed by atoms with van der Waals surface area (Å²) in [6.45, 7) is 12.2. The number of unbranched alkanes of at least 4 members (excludes halogenated alkanes) is 1. The van der Waals surface area contributed by atoms with Gasteiger partial charge in [-0.3, -0.25) is 4.79 Å². The SMILES string of the molecule is CCCC=C1C(C)=CC2=C(COC(=O)C2OC)C(=O)C(C)C(C)C/C1=C1\CCCc2c(C)c(F)cc(C)c21. The van der Waals surface area contributed by atoms with E-state index in [1.165, 1.54) is 23.8 Å². The van der Waals surface area contributed by atoms with Gasteiger partial charge in [0.05, 0.1) is 0 Å². The Labute approximate surface area is 226 Å². The van der Waals surface area contributed by atoms with Crippen LogP contribution >= 0.6 is 0 Å². The van der Waals surface area contributed by atoms with Crippen molar-refractivity contribution >= 4 is 17.3 Å². The Bertz CT molecular complexity index is 1280. The number of aryl methyl sites for hydroxylation is 1. The summed E-state index contributed by atoms with van der Waals surface area (Å²) in [7, 11) is 1.48. The van der Waals surface area contributed by atoms with Crippen molar-refractivity contribution in [3.8, 4) is 0 Å². The van der Waals surface area contributed by atoms with Gasteiger partial charge in [0.1, 0.15) is 12.4 Å². The fraction of sp³-hybridized carbons (Fsp3) is 0.515. The molecule has 3 unspecified atom stereocenters. The number of halogens is 1. The highest BCUT2D eigenvalue weighted by Gasteiger charge is 2.37. The maximum atomic E-state index is 14.7. The van der Waals surface area contributed by atoms with Gasteiger partial charge >= 0.3 is 5.97 Å². The molecule has 2 aliphatic carbocycles. The number of esters is 1. The van der Waals surface area contributed by atoms with Crippen molar-refractivity contribution in [2.75, 3.05) is 13.7 Å². The highest BCUT2D eigenvalue weighted by atomic mass is 19.1. The number of Topliss-reactive ketones (excluding diaryl/α,β-unsaturated/α-hetero) is 1. The molecule has 38 heavy (non-hydrogen) atoms. The van der Waals surface area contributed by atoms with Crippen LogP contribution in [0.4, 0.5) is 4.39 Å². The van der Waals surface area contributed by atoms with Crippen LogP contribution in [0.15, 0.2) is 46.1 Å². The molecule has 0 N–H and O–H groups in total. The second-order valence-electron chi connectivity index (χ2n) is 11.2. The minimum absolute atomic E-state index is 0.00887. The molecule has 5 heteroatoms. The van der Waals surface area contributed by atoms with Crippen molar-refractivity contribution in [1.29, 1.82) is 0 Å². The standard InChI is InChI=1S/C33H41FO4/c1-8-9-11-23-19(3)15-27-28(17-38-33(36)32(27)37-7)31(35)21(5)18(2)14-26(23)25-13-10-12-24-22(6)29(34)16-20(4)30(24)25/h11,15-16,18,21,32H,8-10,12-14,17H2,1-7H3/b19-15?,23-11?,26-25-. The van der Waals surface area contributed by atoms with E-state index in [9.17, 15) is 14.0 Å². The molecule has 4 rings (SSSR count).